The second-order valence-corrected chi connectivity index (χ2v) is 10.1. The van der Waals surface area contributed by atoms with Gasteiger partial charge in [-0.25, -0.2) is 0 Å². The van der Waals surface area contributed by atoms with Crippen molar-refractivity contribution in [3.8, 4) is 11.1 Å². The van der Waals surface area contributed by atoms with E-state index in [2.05, 4.69) is 143 Å². The molecule has 0 N–H and O–H groups in total. The molecule has 2 nitrogen and oxygen atoms in total. The van der Waals surface area contributed by atoms with Crippen LogP contribution in [0.4, 0.5) is 0 Å². The lowest BCUT2D eigenvalue weighted by atomic mass is 9.97. The van der Waals surface area contributed by atoms with Gasteiger partial charge in [0.2, 0.25) is 11.0 Å². The van der Waals surface area contributed by atoms with Gasteiger partial charge in [0.25, 0.3) is 0 Å². The van der Waals surface area contributed by atoms with Crippen LogP contribution in [0.5, 0.6) is 0 Å². The molecule has 0 saturated carbocycles. The fraction of sp³-hybridized carbons (Fsp3) is 0.167. The first-order chi connectivity index (χ1) is 18.9. The van der Waals surface area contributed by atoms with Crippen LogP contribution in [-0.4, -0.2) is 0 Å². The Morgan fingerprint density at radius 3 is 1.24 bits per heavy atom. The average molecular weight is 495 g/mol. The third-order valence-electron chi connectivity index (χ3n) is 7.55. The second kappa shape index (κ2) is 11.4. The Bertz CT molecular complexity index is 1530. The minimum absolute atomic E-state index is 1.01. The lowest BCUT2D eigenvalue weighted by Gasteiger charge is -2.10. The van der Waals surface area contributed by atoms with Crippen LogP contribution in [0.2, 0.25) is 0 Å². The van der Waals surface area contributed by atoms with Gasteiger partial charge in [0.05, 0.1) is 10.8 Å². The third kappa shape index (κ3) is 5.21. The second-order valence-electron chi connectivity index (χ2n) is 10.1. The van der Waals surface area contributed by atoms with Crippen LogP contribution in [-0.2, 0) is 25.9 Å². The summed E-state index contributed by atoms with van der Waals surface area (Å²) >= 11 is 0. The number of hydrogen-bond acceptors (Lipinski definition) is 0. The average Bonchev–Trinajstić information content (AvgIpc) is 2.98. The van der Waals surface area contributed by atoms with Crippen LogP contribution in [0.1, 0.15) is 24.0 Å². The van der Waals surface area contributed by atoms with E-state index in [0.717, 1.165) is 38.8 Å². The number of hydrogen-bond donors (Lipinski definition) is 0. The van der Waals surface area contributed by atoms with E-state index in [-0.39, 0.29) is 0 Å². The molecule has 6 aromatic rings. The fourth-order valence-electron chi connectivity index (χ4n) is 5.63. The van der Waals surface area contributed by atoms with Crippen molar-refractivity contribution < 1.29 is 9.13 Å². The van der Waals surface area contributed by atoms with Gasteiger partial charge >= 0.3 is 0 Å². The van der Waals surface area contributed by atoms with Crippen molar-refractivity contribution in [1.29, 1.82) is 0 Å². The summed E-state index contributed by atoms with van der Waals surface area (Å²) in [6, 6.07) is 43.9. The summed E-state index contributed by atoms with van der Waals surface area (Å²) in [6.07, 6.45) is 8.98. The molecule has 0 atom stereocenters. The van der Waals surface area contributed by atoms with E-state index in [1.807, 2.05) is 0 Å². The minimum Gasteiger partial charge on any atom is -0.198 e. The summed E-state index contributed by atoms with van der Waals surface area (Å²) in [5, 5.41) is 2.61. The molecule has 0 spiro atoms. The van der Waals surface area contributed by atoms with E-state index in [0.29, 0.717) is 0 Å². The summed E-state index contributed by atoms with van der Waals surface area (Å²) in [5.74, 6) is 0. The van der Waals surface area contributed by atoms with Gasteiger partial charge in [-0.15, -0.1) is 0 Å². The van der Waals surface area contributed by atoms with Crippen LogP contribution < -0.4 is 9.13 Å². The minimum atomic E-state index is 1.01. The molecule has 0 unspecified atom stereocenters. The van der Waals surface area contributed by atoms with Gasteiger partial charge < -0.3 is 0 Å². The SMILES string of the molecule is c1ccc(CCC[n+]2ccc(-c3cc[n+](CCCc4ccccc4)c4ccccc34)c3ccccc32)cc1. The molecule has 2 heteroatoms. The molecule has 0 aliphatic heterocycles. The number of rotatable bonds is 9. The largest absolute Gasteiger partial charge is 0.213 e. The van der Waals surface area contributed by atoms with E-state index in [4.69, 9.17) is 0 Å². The van der Waals surface area contributed by atoms with E-state index < -0.39 is 0 Å². The number of benzene rings is 4. The maximum absolute atomic E-state index is 2.41. The zero-order valence-electron chi connectivity index (χ0n) is 21.8. The van der Waals surface area contributed by atoms with Crippen molar-refractivity contribution in [3.63, 3.8) is 0 Å². The first kappa shape index (κ1) is 24.1. The van der Waals surface area contributed by atoms with Gasteiger partial charge in [0.15, 0.2) is 12.4 Å². The Kier molecular flexibility index (Phi) is 7.22. The molecule has 4 aromatic carbocycles. The van der Waals surface area contributed by atoms with Gasteiger partial charge in [-0.05, 0) is 36.1 Å². The van der Waals surface area contributed by atoms with Crippen molar-refractivity contribution >= 4 is 21.8 Å². The van der Waals surface area contributed by atoms with Crippen LogP contribution in [0.25, 0.3) is 32.9 Å². The van der Waals surface area contributed by atoms with E-state index in [9.17, 15) is 0 Å². The van der Waals surface area contributed by atoms with Crippen molar-refractivity contribution in [1.82, 2.24) is 0 Å². The van der Waals surface area contributed by atoms with Gasteiger partial charge in [-0.3, -0.25) is 0 Å². The number of fused-ring (bicyclic) bond motifs is 2. The molecule has 38 heavy (non-hydrogen) atoms. The quantitative estimate of drug-likeness (QED) is 0.184. The monoisotopic (exact) mass is 494 g/mol. The molecule has 0 aliphatic carbocycles. The molecule has 2 heterocycles. The zero-order valence-corrected chi connectivity index (χ0v) is 21.8. The molecule has 0 bridgehead atoms. The number of nitrogens with zero attached hydrogens (tertiary/aromatic N) is 2. The van der Waals surface area contributed by atoms with Gasteiger partial charge in [-0.2, -0.15) is 9.13 Å². The topological polar surface area (TPSA) is 7.76 Å². The Morgan fingerprint density at radius 2 is 0.789 bits per heavy atom. The molecule has 0 fully saturated rings. The Morgan fingerprint density at radius 1 is 0.395 bits per heavy atom. The molecular formula is C36H34N2+2. The van der Waals surface area contributed by atoms with Gasteiger partial charge in [0, 0.05) is 48.2 Å². The van der Waals surface area contributed by atoms with E-state index >= 15 is 0 Å². The molecule has 0 aliphatic rings. The summed E-state index contributed by atoms with van der Waals surface area (Å²) < 4.78 is 4.83. The van der Waals surface area contributed by atoms with Crippen molar-refractivity contribution in [3.05, 3.63) is 145 Å². The number of aryl methyl sites for hydroxylation is 4. The molecule has 0 saturated heterocycles. The zero-order chi connectivity index (χ0) is 25.6. The smallest absolute Gasteiger partial charge is 0.198 e. The highest BCUT2D eigenvalue weighted by Crippen LogP contribution is 2.31. The highest BCUT2D eigenvalue weighted by atomic mass is 14.9. The molecule has 2 aromatic heterocycles. The van der Waals surface area contributed by atoms with Gasteiger partial charge in [-0.1, -0.05) is 84.9 Å². The Hall–Kier alpha value is -4.30. The summed E-state index contributed by atoms with van der Waals surface area (Å²) in [5.41, 5.74) is 7.99. The van der Waals surface area contributed by atoms with Crippen LogP contribution in [0, 0.1) is 0 Å². The third-order valence-corrected chi connectivity index (χ3v) is 7.55. The first-order valence-corrected chi connectivity index (χ1v) is 13.8. The Balaban J connectivity index is 1.29. The molecule has 0 amide bonds. The first-order valence-electron chi connectivity index (χ1n) is 13.8. The molecular weight excluding hydrogens is 460 g/mol. The van der Waals surface area contributed by atoms with Crippen molar-refractivity contribution in [2.45, 2.75) is 38.8 Å². The fourth-order valence-corrected chi connectivity index (χ4v) is 5.63. The molecule has 186 valence electrons. The van der Waals surface area contributed by atoms with E-state index in [1.165, 1.54) is 44.1 Å². The number of para-hydroxylation sites is 2. The lowest BCUT2D eigenvalue weighted by molar-refractivity contribution is -0.672. The van der Waals surface area contributed by atoms with E-state index in [1.54, 1.807) is 0 Å². The summed E-state index contributed by atoms with van der Waals surface area (Å²) in [7, 11) is 0. The van der Waals surface area contributed by atoms with Gasteiger partial charge in [0.1, 0.15) is 13.1 Å². The lowest BCUT2D eigenvalue weighted by Crippen LogP contribution is -2.35. The Labute approximate surface area is 225 Å². The van der Waals surface area contributed by atoms with Crippen LogP contribution >= 0.6 is 0 Å². The maximum atomic E-state index is 2.41. The number of aromatic nitrogens is 2. The molecule has 0 radical (unpaired) electrons. The summed E-state index contributed by atoms with van der Waals surface area (Å²) in [6.45, 7) is 2.01. The maximum Gasteiger partial charge on any atom is 0.213 e. The highest BCUT2D eigenvalue weighted by Gasteiger charge is 2.18. The van der Waals surface area contributed by atoms with Crippen LogP contribution in [0.3, 0.4) is 0 Å². The number of pyridine rings is 2. The predicted molar refractivity (Wildman–Crippen MR) is 157 cm³/mol. The predicted octanol–water partition coefficient (Wildman–Crippen LogP) is 7.50. The normalized spacial score (nSPS) is 11.3. The highest BCUT2D eigenvalue weighted by molar-refractivity contribution is 6.01. The van der Waals surface area contributed by atoms with Crippen molar-refractivity contribution in [2.24, 2.45) is 0 Å². The summed E-state index contributed by atoms with van der Waals surface area (Å²) in [4.78, 5) is 0. The standard InChI is InChI=1S/C36H34N2/c1-3-13-29(14-4-1)17-11-25-37-27-23-31(33-19-7-9-21-35(33)37)32-24-28-38(36-22-10-8-20-34(32)36)26-12-18-30-15-5-2-6-16-30/h1-10,13-16,19-24,27-28H,11-12,17-18,25-26H2/q+2. The van der Waals surface area contributed by atoms with Crippen LogP contribution in [0.15, 0.2) is 134 Å². The molecule has 6 rings (SSSR count). The van der Waals surface area contributed by atoms with Crippen molar-refractivity contribution in [2.75, 3.05) is 0 Å².